The van der Waals surface area contributed by atoms with Gasteiger partial charge in [-0.25, -0.2) is 15.0 Å². The number of nitrogens with zero attached hydrogens (tertiary/aromatic N) is 3. The van der Waals surface area contributed by atoms with Gasteiger partial charge in [0.25, 0.3) is 0 Å². The van der Waals surface area contributed by atoms with Gasteiger partial charge in [-0.1, -0.05) is 23.7 Å². The average molecular weight is 264 g/mol. The van der Waals surface area contributed by atoms with E-state index in [1.54, 1.807) is 5.55 Å². The Labute approximate surface area is 109 Å². The normalized spacial score (nSPS) is 10.9. The third kappa shape index (κ3) is 3.28. The van der Waals surface area contributed by atoms with E-state index >= 15 is 0 Å². The van der Waals surface area contributed by atoms with Gasteiger partial charge in [-0.3, -0.25) is 0 Å². The van der Waals surface area contributed by atoms with Crippen LogP contribution in [0, 0.1) is 0 Å². The molecule has 0 atom stereocenters. The molecule has 0 unspecified atom stereocenters. The van der Waals surface area contributed by atoms with Gasteiger partial charge in [0, 0.05) is 16.7 Å². The van der Waals surface area contributed by atoms with Crippen LogP contribution in [-0.4, -0.2) is 21.8 Å². The monoisotopic (exact) mass is 263 g/mol. The summed E-state index contributed by atoms with van der Waals surface area (Å²) in [7, 11) is 0. The number of halogens is 1. The average Bonchev–Trinajstić information content (AvgIpc) is 2.37. The number of benzene rings is 1. The van der Waals surface area contributed by atoms with Gasteiger partial charge >= 0.3 is 0 Å². The lowest BCUT2D eigenvalue weighted by molar-refractivity contribution is 1.16. The molecule has 0 aliphatic rings. The zero-order valence-electron chi connectivity index (χ0n) is 9.17. The molecule has 0 saturated carbocycles. The molecule has 0 aliphatic carbocycles. The first-order valence-electron chi connectivity index (χ1n) is 4.93. The van der Waals surface area contributed by atoms with Crippen LogP contribution in [0.1, 0.15) is 0 Å². The molecule has 0 aliphatic heterocycles. The SMILES string of the molecule is CSC=Nc1cc(-c2cccc(Cl)c2)ncn1. The van der Waals surface area contributed by atoms with Crippen molar-refractivity contribution in [2.45, 2.75) is 0 Å². The molecular formula is C12H10ClN3S. The fraction of sp³-hybridized carbons (Fsp3) is 0.0833. The third-order valence-corrected chi connectivity index (χ3v) is 2.61. The Morgan fingerprint density at radius 3 is 2.94 bits per heavy atom. The van der Waals surface area contributed by atoms with Crippen molar-refractivity contribution in [3.63, 3.8) is 0 Å². The number of rotatable bonds is 3. The molecule has 0 amide bonds. The van der Waals surface area contributed by atoms with Crippen LogP contribution < -0.4 is 0 Å². The summed E-state index contributed by atoms with van der Waals surface area (Å²) in [5, 5.41) is 0.690. The highest BCUT2D eigenvalue weighted by Gasteiger charge is 2.01. The first-order valence-corrected chi connectivity index (χ1v) is 6.59. The molecule has 1 heterocycles. The predicted octanol–water partition coefficient (Wildman–Crippen LogP) is 3.82. The van der Waals surface area contributed by atoms with Gasteiger partial charge in [-0.05, 0) is 18.4 Å². The number of thioether (sulfide) groups is 1. The first kappa shape index (κ1) is 12.1. The van der Waals surface area contributed by atoms with Crippen molar-refractivity contribution in [3.05, 3.63) is 41.7 Å². The number of hydrogen-bond acceptors (Lipinski definition) is 4. The topological polar surface area (TPSA) is 38.1 Å². The molecule has 0 saturated heterocycles. The van der Waals surface area contributed by atoms with Crippen LogP contribution in [0.3, 0.4) is 0 Å². The summed E-state index contributed by atoms with van der Waals surface area (Å²) >= 11 is 7.47. The summed E-state index contributed by atoms with van der Waals surface area (Å²) in [5.74, 6) is 0.643. The zero-order chi connectivity index (χ0) is 12.1. The van der Waals surface area contributed by atoms with E-state index in [2.05, 4.69) is 15.0 Å². The zero-order valence-corrected chi connectivity index (χ0v) is 10.7. The lowest BCUT2D eigenvalue weighted by atomic mass is 10.1. The van der Waals surface area contributed by atoms with Crippen LogP contribution in [0.2, 0.25) is 5.02 Å². The van der Waals surface area contributed by atoms with Crippen molar-refractivity contribution in [2.75, 3.05) is 6.26 Å². The summed E-state index contributed by atoms with van der Waals surface area (Å²) < 4.78 is 0. The van der Waals surface area contributed by atoms with Crippen LogP contribution in [0.25, 0.3) is 11.3 Å². The minimum absolute atomic E-state index is 0.643. The molecule has 5 heteroatoms. The van der Waals surface area contributed by atoms with E-state index in [1.807, 2.05) is 36.6 Å². The fourth-order valence-corrected chi connectivity index (χ4v) is 1.73. The molecule has 1 aromatic heterocycles. The van der Waals surface area contributed by atoms with Crippen molar-refractivity contribution in [3.8, 4) is 11.3 Å². The maximum atomic E-state index is 5.94. The Hall–Kier alpha value is -1.39. The van der Waals surface area contributed by atoms with E-state index in [0.717, 1.165) is 11.3 Å². The Bertz CT molecular complexity index is 543. The largest absolute Gasteiger partial charge is 0.236 e. The van der Waals surface area contributed by atoms with Gasteiger partial charge in [0.05, 0.1) is 11.2 Å². The van der Waals surface area contributed by atoms with Gasteiger partial charge in [0.2, 0.25) is 0 Å². The minimum Gasteiger partial charge on any atom is -0.236 e. The van der Waals surface area contributed by atoms with E-state index in [-0.39, 0.29) is 0 Å². The second-order valence-corrected chi connectivity index (χ2v) is 4.36. The van der Waals surface area contributed by atoms with Crippen molar-refractivity contribution in [2.24, 2.45) is 4.99 Å². The van der Waals surface area contributed by atoms with E-state index in [1.165, 1.54) is 18.1 Å². The Morgan fingerprint density at radius 2 is 2.18 bits per heavy atom. The van der Waals surface area contributed by atoms with Crippen molar-refractivity contribution in [1.82, 2.24) is 9.97 Å². The van der Waals surface area contributed by atoms with Crippen molar-refractivity contribution < 1.29 is 0 Å². The third-order valence-electron chi connectivity index (χ3n) is 2.06. The van der Waals surface area contributed by atoms with Crippen molar-refractivity contribution in [1.29, 1.82) is 0 Å². The molecule has 86 valence electrons. The smallest absolute Gasteiger partial charge is 0.156 e. The number of aromatic nitrogens is 2. The standard InChI is InChI=1S/C12H10ClN3S/c1-17-8-16-12-6-11(14-7-15-12)9-3-2-4-10(13)5-9/h2-8H,1H3. The molecule has 2 rings (SSSR count). The Morgan fingerprint density at radius 1 is 1.29 bits per heavy atom. The quantitative estimate of drug-likeness (QED) is 0.624. The fourth-order valence-electron chi connectivity index (χ4n) is 1.33. The first-order chi connectivity index (χ1) is 8.29. The molecule has 0 radical (unpaired) electrons. The second-order valence-electron chi connectivity index (χ2n) is 3.24. The highest BCUT2D eigenvalue weighted by molar-refractivity contribution is 8.11. The van der Waals surface area contributed by atoms with Gasteiger partial charge < -0.3 is 0 Å². The summed E-state index contributed by atoms with van der Waals surface area (Å²) in [6, 6.07) is 9.38. The maximum absolute atomic E-state index is 5.94. The van der Waals surface area contributed by atoms with E-state index in [9.17, 15) is 0 Å². The van der Waals surface area contributed by atoms with Gasteiger partial charge in [-0.15, -0.1) is 11.8 Å². The van der Waals surface area contributed by atoms with Gasteiger partial charge in [-0.2, -0.15) is 0 Å². The summed E-state index contributed by atoms with van der Waals surface area (Å²) in [6.07, 6.45) is 3.45. The highest BCUT2D eigenvalue weighted by Crippen LogP contribution is 2.22. The lowest BCUT2D eigenvalue weighted by Crippen LogP contribution is -1.85. The molecule has 0 N–H and O–H groups in total. The predicted molar refractivity (Wildman–Crippen MR) is 74.1 cm³/mol. The summed E-state index contributed by atoms with van der Waals surface area (Å²) in [5.41, 5.74) is 3.51. The molecule has 17 heavy (non-hydrogen) atoms. The molecule has 0 fully saturated rings. The van der Waals surface area contributed by atoms with Crippen LogP contribution in [0.4, 0.5) is 5.82 Å². The van der Waals surface area contributed by atoms with E-state index in [4.69, 9.17) is 11.6 Å². The molecule has 1 aromatic carbocycles. The minimum atomic E-state index is 0.643. The molecule has 3 nitrogen and oxygen atoms in total. The lowest BCUT2D eigenvalue weighted by Gasteiger charge is -2.01. The molecule has 0 spiro atoms. The van der Waals surface area contributed by atoms with Crippen LogP contribution in [0.15, 0.2) is 41.7 Å². The maximum Gasteiger partial charge on any atom is 0.156 e. The Balaban J connectivity index is 2.36. The van der Waals surface area contributed by atoms with E-state index in [0.29, 0.717) is 10.8 Å². The summed E-state index contributed by atoms with van der Waals surface area (Å²) in [6.45, 7) is 0. The second kappa shape index (κ2) is 5.80. The number of aliphatic imine (C=N–C) groups is 1. The van der Waals surface area contributed by atoms with E-state index < -0.39 is 0 Å². The van der Waals surface area contributed by atoms with Gasteiger partial charge in [0.15, 0.2) is 5.82 Å². The molecule has 0 bridgehead atoms. The summed E-state index contributed by atoms with van der Waals surface area (Å²) in [4.78, 5) is 12.5. The molecule has 2 aromatic rings. The van der Waals surface area contributed by atoms with Gasteiger partial charge in [0.1, 0.15) is 6.33 Å². The number of hydrogen-bond donors (Lipinski definition) is 0. The Kier molecular flexibility index (Phi) is 4.12. The van der Waals surface area contributed by atoms with Crippen LogP contribution >= 0.6 is 23.4 Å². The molecular weight excluding hydrogens is 254 g/mol. The van der Waals surface area contributed by atoms with Crippen molar-refractivity contribution >= 4 is 34.7 Å². The van der Waals surface area contributed by atoms with Crippen LogP contribution in [0.5, 0.6) is 0 Å². The highest BCUT2D eigenvalue weighted by atomic mass is 35.5. The van der Waals surface area contributed by atoms with Crippen LogP contribution in [-0.2, 0) is 0 Å².